The van der Waals surface area contributed by atoms with Gasteiger partial charge >= 0.3 is 0 Å². The molecule has 1 aliphatic rings. The Morgan fingerprint density at radius 2 is 1.50 bits per heavy atom. The molecule has 9 atom stereocenters. The van der Waals surface area contributed by atoms with Crippen LogP contribution in [0.5, 0.6) is 0 Å². The maximum Gasteiger partial charge on any atom is 0.187 e. The lowest BCUT2D eigenvalue weighted by molar-refractivity contribution is -0.327. The monoisotopic (exact) mass is 384 g/mol. The first kappa shape index (κ1) is 23.6. The second-order valence-electron chi connectivity index (χ2n) is 7.69. The van der Waals surface area contributed by atoms with Crippen molar-refractivity contribution in [2.24, 2.45) is 11.3 Å². The number of hydrogen-bond donors (Lipinski definition) is 8. The van der Waals surface area contributed by atoms with E-state index < -0.39 is 80.2 Å². The molecule has 8 N–H and O–H groups in total. The lowest BCUT2D eigenvalue weighted by Gasteiger charge is -2.45. The summed E-state index contributed by atoms with van der Waals surface area (Å²) in [5.74, 6) is -0.744. The average Bonchev–Trinajstić information content (AvgIpc) is 2.58. The van der Waals surface area contributed by atoms with Crippen LogP contribution in [-0.4, -0.2) is 110 Å². The molecule has 156 valence electrons. The van der Waals surface area contributed by atoms with Gasteiger partial charge in [0.05, 0.1) is 19.3 Å². The van der Waals surface area contributed by atoms with E-state index in [4.69, 9.17) is 14.6 Å². The highest BCUT2D eigenvalue weighted by Gasteiger charge is 2.48. The van der Waals surface area contributed by atoms with Crippen LogP contribution in [0.4, 0.5) is 0 Å². The third-order valence-corrected chi connectivity index (χ3v) is 4.76. The van der Waals surface area contributed by atoms with Gasteiger partial charge in [-0.15, -0.1) is 0 Å². The summed E-state index contributed by atoms with van der Waals surface area (Å²) in [7, 11) is 0. The highest BCUT2D eigenvalue weighted by molar-refractivity contribution is 4.93. The molecule has 0 aromatic heterocycles. The lowest BCUT2D eigenvalue weighted by Crippen LogP contribution is -2.61. The first-order valence-electron chi connectivity index (χ1n) is 8.53. The molecule has 1 saturated heterocycles. The van der Waals surface area contributed by atoms with Crippen LogP contribution in [0.2, 0.25) is 0 Å². The van der Waals surface area contributed by atoms with Gasteiger partial charge in [-0.25, -0.2) is 0 Å². The fourth-order valence-corrected chi connectivity index (χ4v) is 2.95. The zero-order valence-electron chi connectivity index (χ0n) is 15.2. The van der Waals surface area contributed by atoms with Crippen LogP contribution in [0, 0.1) is 11.3 Å². The van der Waals surface area contributed by atoms with E-state index in [-0.39, 0.29) is 0 Å². The average molecular weight is 384 g/mol. The van der Waals surface area contributed by atoms with Gasteiger partial charge in [0.2, 0.25) is 0 Å². The Morgan fingerprint density at radius 1 is 0.923 bits per heavy atom. The van der Waals surface area contributed by atoms with Crippen LogP contribution in [0.3, 0.4) is 0 Å². The highest BCUT2D eigenvalue weighted by Crippen LogP contribution is 2.34. The van der Waals surface area contributed by atoms with Crippen molar-refractivity contribution in [3.63, 3.8) is 0 Å². The second kappa shape index (κ2) is 9.69. The van der Waals surface area contributed by atoms with Crippen molar-refractivity contribution in [3.05, 3.63) is 0 Å². The van der Waals surface area contributed by atoms with Crippen LogP contribution in [-0.2, 0) is 9.47 Å². The topological polar surface area (TPSA) is 180 Å². The SMILES string of the molecule is CC(C)(C)C(CO)[C@@H](O[C@H]1O[C@H](CO)[C@@H](O)[C@H](O)[C@H]1O)[C@H](O)[C@H](O)CO. The van der Waals surface area contributed by atoms with Crippen LogP contribution in [0.15, 0.2) is 0 Å². The fourth-order valence-electron chi connectivity index (χ4n) is 2.95. The molecule has 0 bridgehead atoms. The van der Waals surface area contributed by atoms with Crippen molar-refractivity contribution >= 4 is 0 Å². The molecular formula is C16H32O10. The van der Waals surface area contributed by atoms with Crippen LogP contribution in [0.1, 0.15) is 20.8 Å². The molecule has 0 radical (unpaired) electrons. The Balaban J connectivity index is 3.11. The Morgan fingerprint density at radius 3 is 1.92 bits per heavy atom. The number of aliphatic hydroxyl groups is 8. The number of hydrogen-bond acceptors (Lipinski definition) is 10. The predicted molar refractivity (Wildman–Crippen MR) is 87.8 cm³/mol. The van der Waals surface area contributed by atoms with E-state index in [1.807, 2.05) is 0 Å². The smallest absolute Gasteiger partial charge is 0.187 e. The van der Waals surface area contributed by atoms with E-state index in [9.17, 15) is 35.7 Å². The number of ether oxygens (including phenoxy) is 2. The molecule has 10 nitrogen and oxygen atoms in total. The van der Waals surface area contributed by atoms with Crippen molar-refractivity contribution in [1.29, 1.82) is 0 Å². The molecule has 1 unspecified atom stereocenters. The summed E-state index contributed by atoms with van der Waals surface area (Å²) in [4.78, 5) is 0. The molecule has 0 amide bonds. The third kappa shape index (κ3) is 5.32. The van der Waals surface area contributed by atoms with Gasteiger partial charge in [-0.1, -0.05) is 20.8 Å². The van der Waals surface area contributed by atoms with Gasteiger partial charge in [-0.2, -0.15) is 0 Å². The molecule has 1 aliphatic heterocycles. The third-order valence-electron chi connectivity index (χ3n) is 4.76. The molecule has 0 saturated carbocycles. The molecule has 1 heterocycles. The van der Waals surface area contributed by atoms with Crippen molar-refractivity contribution in [3.8, 4) is 0 Å². The van der Waals surface area contributed by atoms with E-state index in [2.05, 4.69) is 0 Å². The van der Waals surface area contributed by atoms with Gasteiger partial charge < -0.3 is 50.3 Å². The van der Waals surface area contributed by atoms with E-state index in [1.54, 1.807) is 20.8 Å². The molecule has 1 fully saturated rings. The van der Waals surface area contributed by atoms with Gasteiger partial charge in [0.1, 0.15) is 36.6 Å². The summed E-state index contributed by atoms with van der Waals surface area (Å²) in [5, 5.41) is 78.0. The van der Waals surface area contributed by atoms with Gasteiger partial charge in [0.15, 0.2) is 6.29 Å². The van der Waals surface area contributed by atoms with E-state index in [0.29, 0.717) is 0 Å². The van der Waals surface area contributed by atoms with E-state index >= 15 is 0 Å². The Bertz CT molecular complexity index is 412. The summed E-state index contributed by atoms with van der Waals surface area (Å²) in [6.45, 7) is 3.42. The second-order valence-corrected chi connectivity index (χ2v) is 7.69. The van der Waals surface area contributed by atoms with Crippen LogP contribution in [0.25, 0.3) is 0 Å². The van der Waals surface area contributed by atoms with Gasteiger partial charge in [0, 0.05) is 12.5 Å². The molecule has 0 aromatic rings. The summed E-state index contributed by atoms with van der Waals surface area (Å²) in [6, 6.07) is 0. The molecule has 0 aromatic carbocycles. The summed E-state index contributed by atoms with van der Waals surface area (Å²) >= 11 is 0. The first-order chi connectivity index (χ1) is 12.0. The molecule has 26 heavy (non-hydrogen) atoms. The quantitative estimate of drug-likeness (QED) is 0.209. The Labute approximate surface area is 152 Å². The fraction of sp³-hybridized carbons (Fsp3) is 1.00. The van der Waals surface area contributed by atoms with Crippen molar-refractivity contribution in [1.82, 2.24) is 0 Å². The number of aliphatic hydroxyl groups excluding tert-OH is 8. The molecule has 1 rings (SSSR count). The Hall–Kier alpha value is -0.400. The highest BCUT2D eigenvalue weighted by atomic mass is 16.7. The van der Waals surface area contributed by atoms with Crippen LogP contribution < -0.4 is 0 Å². The zero-order valence-corrected chi connectivity index (χ0v) is 15.2. The summed E-state index contributed by atoms with van der Waals surface area (Å²) < 4.78 is 10.8. The largest absolute Gasteiger partial charge is 0.396 e. The Kier molecular flexibility index (Phi) is 8.81. The number of rotatable bonds is 8. The van der Waals surface area contributed by atoms with Gasteiger partial charge in [0.25, 0.3) is 0 Å². The minimum atomic E-state index is -1.70. The molecular weight excluding hydrogens is 352 g/mol. The molecule has 0 spiro atoms. The van der Waals surface area contributed by atoms with Crippen molar-refractivity contribution < 1.29 is 50.3 Å². The van der Waals surface area contributed by atoms with Crippen LogP contribution >= 0.6 is 0 Å². The van der Waals surface area contributed by atoms with E-state index in [0.717, 1.165) is 0 Å². The molecule has 0 aliphatic carbocycles. The normalized spacial score (nSPS) is 35.0. The van der Waals surface area contributed by atoms with Gasteiger partial charge in [-0.05, 0) is 5.41 Å². The summed E-state index contributed by atoms with van der Waals surface area (Å²) in [6.07, 6.45) is -12.2. The van der Waals surface area contributed by atoms with Crippen molar-refractivity contribution in [2.75, 3.05) is 19.8 Å². The first-order valence-corrected chi connectivity index (χ1v) is 8.53. The predicted octanol–water partition coefficient (Wildman–Crippen LogP) is -3.46. The molecule has 10 heteroatoms. The minimum absolute atomic E-state index is 0.444. The zero-order chi connectivity index (χ0) is 20.2. The maximum atomic E-state index is 10.4. The van der Waals surface area contributed by atoms with E-state index in [1.165, 1.54) is 0 Å². The maximum absolute atomic E-state index is 10.4. The minimum Gasteiger partial charge on any atom is -0.396 e. The lowest BCUT2D eigenvalue weighted by atomic mass is 9.75. The summed E-state index contributed by atoms with van der Waals surface area (Å²) in [5.41, 5.74) is -0.607. The van der Waals surface area contributed by atoms with Gasteiger partial charge in [-0.3, -0.25) is 0 Å². The van der Waals surface area contributed by atoms with Crippen molar-refractivity contribution in [2.45, 2.75) is 69.8 Å². The standard InChI is InChI=1S/C16H32O10/c1-16(2,3)7(4-17)14(10(21)8(20)5-18)26-15-13(24)12(23)11(22)9(6-19)25-15/h7-15,17-24H,4-6H2,1-3H3/t7?,8-,9-,10-,11-,12+,13-,14-,15-/m1/s1.